The molecular weight excluding hydrogens is 258 g/mol. The second-order valence-corrected chi connectivity index (χ2v) is 5.26. The predicted octanol–water partition coefficient (Wildman–Crippen LogP) is 4.35. The summed E-state index contributed by atoms with van der Waals surface area (Å²) >= 11 is 0. The lowest BCUT2D eigenvalue weighted by Crippen LogP contribution is -2.36. The molecule has 1 fully saturated rings. The van der Waals surface area contributed by atoms with Gasteiger partial charge in [0.2, 0.25) is 0 Å². The first-order valence-electron chi connectivity index (χ1n) is 6.49. The van der Waals surface area contributed by atoms with Gasteiger partial charge in [0.1, 0.15) is 5.82 Å². The summed E-state index contributed by atoms with van der Waals surface area (Å²) in [5.41, 5.74) is 4.66. The Hall–Kier alpha value is -1.10. The van der Waals surface area contributed by atoms with Gasteiger partial charge in [-0.1, -0.05) is 31.7 Å². The van der Waals surface area contributed by atoms with Crippen molar-refractivity contribution in [3.8, 4) is 0 Å². The minimum Gasteiger partial charge on any atom is -0.321 e. The number of nitrogens with two attached hydrogens (primary N) is 1. The standard InChI is InChI=1S/C14H17F4N/c15-12-6-5-10(9-11(12)14(16,17)18)13(19)7-3-1-2-4-8-13/h5-6,9H,1-4,7-8,19H2. The molecule has 19 heavy (non-hydrogen) atoms. The summed E-state index contributed by atoms with van der Waals surface area (Å²) in [6.07, 6.45) is 0.510. The first kappa shape index (κ1) is 14.3. The van der Waals surface area contributed by atoms with Gasteiger partial charge in [0.25, 0.3) is 0 Å². The molecule has 1 aliphatic rings. The Morgan fingerprint density at radius 1 is 1.00 bits per heavy atom. The van der Waals surface area contributed by atoms with Crippen LogP contribution in [0.3, 0.4) is 0 Å². The van der Waals surface area contributed by atoms with Crippen molar-refractivity contribution in [2.24, 2.45) is 5.73 Å². The molecule has 106 valence electrons. The molecule has 5 heteroatoms. The summed E-state index contributed by atoms with van der Waals surface area (Å²) in [6.45, 7) is 0. The molecule has 0 unspecified atom stereocenters. The lowest BCUT2D eigenvalue weighted by Gasteiger charge is -2.29. The Balaban J connectivity index is 2.39. The van der Waals surface area contributed by atoms with Crippen LogP contribution in [0.1, 0.15) is 49.7 Å². The summed E-state index contributed by atoms with van der Waals surface area (Å²) in [7, 11) is 0. The van der Waals surface area contributed by atoms with E-state index in [4.69, 9.17) is 5.73 Å². The normalized spacial score (nSPS) is 20.1. The van der Waals surface area contributed by atoms with E-state index >= 15 is 0 Å². The molecule has 1 aliphatic carbocycles. The van der Waals surface area contributed by atoms with Gasteiger partial charge in [-0.15, -0.1) is 0 Å². The molecule has 0 bridgehead atoms. The van der Waals surface area contributed by atoms with E-state index in [1.54, 1.807) is 0 Å². The molecule has 1 saturated carbocycles. The SMILES string of the molecule is NC1(c2ccc(F)c(C(F)(F)F)c2)CCCCCC1. The average molecular weight is 275 g/mol. The molecular formula is C14H17F4N. The zero-order valence-corrected chi connectivity index (χ0v) is 10.6. The van der Waals surface area contributed by atoms with Gasteiger partial charge in [-0.25, -0.2) is 4.39 Å². The van der Waals surface area contributed by atoms with E-state index in [1.165, 1.54) is 6.07 Å². The molecule has 0 saturated heterocycles. The van der Waals surface area contributed by atoms with E-state index in [-0.39, 0.29) is 0 Å². The fraction of sp³-hybridized carbons (Fsp3) is 0.571. The first-order chi connectivity index (χ1) is 8.83. The van der Waals surface area contributed by atoms with Crippen LogP contribution in [0.25, 0.3) is 0 Å². The average Bonchev–Trinajstić information content (AvgIpc) is 2.54. The predicted molar refractivity (Wildman–Crippen MR) is 65.0 cm³/mol. The third-order valence-electron chi connectivity index (χ3n) is 3.84. The van der Waals surface area contributed by atoms with E-state index in [0.29, 0.717) is 18.4 Å². The lowest BCUT2D eigenvalue weighted by atomic mass is 9.83. The Bertz CT molecular complexity index is 445. The second kappa shape index (κ2) is 5.12. The van der Waals surface area contributed by atoms with E-state index in [9.17, 15) is 17.6 Å². The second-order valence-electron chi connectivity index (χ2n) is 5.26. The highest BCUT2D eigenvalue weighted by molar-refractivity contribution is 5.32. The molecule has 0 atom stereocenters. The minimum absolute atomic E-state index is 0.392. The van der Waals surface area contributed by atoms with Crippen molar-refractivity contribution in [2.45, 2.75) is 50.2 Å². The highest BCUT2D eigenvalue weighted by Gasteiger charge is 2.36. The summed E-state index contributed by atoms with van der Waals surface area (Å²) in [4.78, 5) is 0. The quantitative estimate of drug-likeness (QED) is 0.598. The van der Waals surface area contributed by atoms with Crippen molar-refractivity contribution >= 4 is 0 Å². The highest BCUT2D eigenvalue weighted by atomic mass is 19.4. The fourth-order valence-corrected chi connectivity index (χ4v) is 2.70. The monoisotopic (exact) mass is 275 g/mol. The van der Waals surface area contributed by atoms with E-state index < -0.39 is 23.1 Å². The number of alkyl halides is 3. The van der Waals surface area contributed by atoms with Gasteiger partial charge in [-0.3, -0.25) is 0 Å². The Morgan fingerprint density at radius 2 is 1.58 bits per heavy atom. The number of hydrogen-bond donors (Lipinski definition) is 1. The first-order valence-corrected chi connectivity index (χ1v) is 6.49. The summed E-state index contributed by atoms with van der Waals surface area (Å²) in [5, 5.41) is 0. The Labute approximate surface area is 109 Å². The van der Waals surface area contributed by atoms with E-state index in [0.717, 1.165) is 37.8 Å². The topological polar surface area (TPSA) is 26.0 Å². The van der Waals surface area contributed by atoms with Crippen molar-refractivity contribution in [2.75, 3.05) is 0 Å². The Morgan fingerprint density at radius 3 is 2.11 bits per heavy atom. The van der Waals surface area contributed by atoms with Gasteiger partial charge in [0.05, 0.1) is 5.56 Å². The molecule has 2 N–H and O–H groups in total. The molecule has 1 nitrogen and oxygen atoms in total. The van der Waals surface area contributed by atoms with Crippen LogP contribution in [-0.4, -0.2) is 0 Å². The van der Waals surface area contributed by atoms with Gasteiger partial charge in [-0.2, -0.15) is 13.2 Å². The minimum atomic E-state index is -4.68. The fourth-order valence-electron chi connectivity index (χ4n) is 2.70. The smallest absolute Gasteiger partial charge is 0.321 e. The third kappa shape index (κ3) is 3.08. The molecule has 0 aliphatic heterocycles. The van der Waals surface area contributed by atoms with Crippen LogP contribution in [0.5, 0.6) is 0 Å². The van der Waals surface area contributed by atoms with Crippen molar-refractivity contribution in [3.05, 3.63) is 35.1 Å². The van der Waals surface area contributed by atoms with Gasteiger partial charge < -0.3 is 5.73 Å². The van der Waals surface area contributed by atoms with Crippen LogP contribution in [0.2, 0.25) is 0 Å². The maximum absolute atomic E-state index is 13.3. The number of rotatable bonds is 1. The molecule has 1 aromatic rings. The summed E-state index contributed by atoms with van der Waals surface area (Å²) in [5.74, 6) is -1.24. The third-order valence-corrected chi connectivity index (χ3v) is 3.84. The maximum Gasteiger partial charge on any atom is 0.419 e. The number of hydrogen-bond acceptors (Lipinski definition) is 1. The number of benzene rings is 1. The molecule has 0 heterocycles. The van der Waals surface area contributed by atoms with Crippen LogP contribution < -0.4 is 5.73 Å². The lowest BCUT2D eigenvalue weighted by molar-refractivity contribution is -0.140. The van der Waals surface area contributed by atoms with Gasteiger partial charge in [0.15, 0.2) is 0 Å². The van der Waals surface area contributed by atoms with Crippen molar-refractivity contribution in [1.82, 2.24) is 0 Å². The van der Waals surface area contributed by atoms with Gasteiger partial charge in [-0.05, 0) is 30.5 Å². The molecule has 0 spiro atoms. The molecule has 0 amide bonds. The maximum atomic E-state index is 13.3. The number of halogens is 4. The van der Waals surface area contributed by atoms with Crippen LogP contribution >= 0.6 is 0 Å². The van der Waals surface area contributed by atoms with Crippen molar-refractivity contribution < 1.29 is 17.6 Å². The molecule has 0 aromatic heterocycles. The summed E-state index contributed by atoms with van der Waals surface area (Å²) in [6, 6.07) is 3.13. The van der Waals surface area contributed by atoms with Crippen LogP contribution in [0.4, 0.5) is 17.6 Å². The largest absolute Gasteiger partial charge is 0.419 e. The molecule has 2 rings (SSSR count). The van der Waals surface area contributed by atoms with Crippen molar-refractivity contribution in [3.63, 3.8) is 0 Å². The zero-order chi connectivity index (χ0) is 14.1. The van der Waals surface area contributed by atoms with Crippen LogP contribution in [0, 0.1) is 5.82 Å². The van der Waals surface area contributed by atoms with Crippen molar-refractivity contribution in [1.29, 1.82) is 0 Å². The zero-order valence-electron chi connectivity index (χ0n) is 10.6. The van der Waals surface area contributed by atoms with Crippen LogP contribution in [0.15, 0.2) is 18.2 Å². The summed E-state index contributed by atoms with van der Waals surface area (Å²) < 4.78 is 51.4. The molecule has 1 aromatic carbocycles. The van der Waals surface area contributed by atoms with Crippen LogP contribution in [-0.2, 0) is 11.7 Å². The highest BCUT2D eigenvalue weighted by Crippen LogP contribution is 2.38. The van der Waals surface area contributed by atoms with E-state index in [2.05, 4.69) is 0 Å². The van der Waals surface area contributed by atoms with Gasteiger partial charge in [0, 0.05) is 5.54 Å². The molecule has 0 radical (unpaired) electrons. The van der Waals surface area contributed by atoms with E-state index in [1.807, 2.05) is 0 Å². The van der Waals surface area contributed by atoms with Gasteiger partial charge >= 0.3 is 6.18 Å². The Kier molecular flexibility index (Phi) is 3.85.